The van der Waals surface area contributed by atoms with Gasteiger partial charge in [0.1, 0.15) is 5.82 Å². The smallest absolute Gasteiger partial charge is 0.238 e. The molecular weight excluding hydrogens is 363 g/mol. The standard InChI is InChI=1S/C20H25FN4OS/c1-2-18-23-10-16(27-18)12-4-3-11(15(21)8-12)9-17(22)25-20(26)19-13-5-6-14(7-13)24-19/h3-4,8,10,13-14,17,19,24H,2,5-7,9,22H2,1H3,(H,25,26)/t13-,14+,17-,19-/m0/s1. The van der Waals surface area contributed by atoms with Crippen molar-refractivity contribution in [3.8, 4) is 10.4 Å². The van der Waals surface area contributed by atoms with Gasteiger partial charge in [-0.2, -0.15) is 0 Å². The number of nitrogens with one attached hydrogen (secondary N) is 2. The van der Waals surface area contributed by atoms with Crippen LogP contribution in [0, 0.1) is 11.7 Å². The summed E-state index contributed by atoms with van der Waals surface area (Å²) >= 11 is 1.58. The van der Waals surface area contributed by atoms with Crippen molar-refractivity contribution in [1.82, 2.24) is 15.6 Å². The number of piperidine rings is 1. The van der Waals surface area contributed by atoms with Gasteiger partial charge in [0.25, 0.3) is 0 Å². The number of halogens is 1. The first-order chi connectivity index (χ1) is 13.0. The molecule has 5 nitrogen and oxygen atoms in total. The van der Waals surface area contributed by atoms with Gasteiger partial charge >= 0.3 is 0 Å². The van der Waals surface area contributed by atoms with Crippen molar-refractivity contribution in [3.05, 3.63) is 40.8 Å². The van der Waals surface area contributed by atoms with Gasteiger partial charge in [-0.1, -0.05) is 19.1 Å². The molecule has 4 rings (SSSR count). The molecule has 7 heteroatoms. The van der Waals surface area contributed by atoms with Gasteiger partial charge < -0.3 is 16.4 Å². The molecule has 2 bridgehead atoms. The number of nitrogens with zero attached hydrogens (tertiary/aromatic N) is 1. The van der Waals surface area contributed by atoms with Gasteiger partial charge in [0.2, 0.25) is 5.91 Å². The first kappa shape index (κ1) is 18.5. The van der Waals surface area contributed by atoms with E-state index in [1.807, 2.05) is 13.0 Å². The van der Waals surface area contributed by atoms with E-state index in [1.165, 1.54) is 6.07 Å². The minimum absolute atomic E-state index is 0.0662. The van der Waals surface area contributed by atoms with Crippen molar-refractivity contribution in [2.24, 2.45) is 11.7 Å². The monoisotopic (exact) mass is 388 g/mol. The van der Waals surface area contributed by atoms with Crippen LogP contribution in [-0.2, 0) is 17.6 Å². The average molecular weight is 389 g/mol. The molecule has 0 radical (unpaired) electrons. The third kappa shape index (κ3) is 3.90. The summed E-state index contributed by atoms with van der Waals surface area (Å²) in [5.74, 6) is 0.0378. The molecular formula is C20H25FN4OS. The third-order valence-corrected chi connectivity index (χ3v) is 6.79. The number of carbonyl (C=O) groups is 1. The Morgan fingerprint density at radius 1 is 1.48 bits per heavy atom. The summed E-state index contributed by atoms with van der Waals surface area (Å²) in [4.78, 5) is 17.7. The van der Waals surface area contributed by atoms with Gasteiger partial charge in [-0.05, 0) is 48.8 Å². The van der Waals surface area contributed by atoms with Gasteiger partial charge in [0.15, 0.2) is 0 Å². The van der Waals surface area contributed by atoms with Crippen molar-refractivity contribution >= 4 is 17.2 Å². The molecule has 0 spiro atoms. The third-order valence-electron chi connectivity index (χ3n) is 5.60. The molecule has 1 aliphatic heterocycles. The van der Waals surface area contributed by atoms with Gasteiger partial charge in [0.05, 0.1) is 22.1 Å². The van der Waals surface area contributed by atoms with E-state index in [4.69, 9.17) is 5.73 Å². The Hall–Kier alpha value is -1.83. The van der Waals surface area contributed by atoms with Crippen molar-refractivity contribution in [2.45, 2.75) is 57.3 Å². The minimum Gasteiger partial charge on any atom is -0.339 e. The molecule has 1 saturated carbocycles. The number of benzene rings is 1. The largest absolute Gasteiger partial charge is 0.339 e. The number of fused-ring (bicyclic) bond motifs is 2. The van der Waals surface area contributed by atoms with E-state index in [9.17, 15) is 9.18 Å². The number of aryl methyl sites for hydroxylation is 1. The van der Waals surface area contributed by atoms with Crippen LogP contribution in [-0.4, -0.2) is 29.1 Å². The lowest BCUT2D eigenvalue weighted by Crippen LogP contribution is -2.53. The SMILES string of the molecule is CCc1ncc(-c2ccc(C[C@@H](N)NC(=O)[C@H]3N[C@@H]4CC[C@H]3C4)c(F)c2)s1. The Kier molecular flexibility index (Phi) is 5.25. The van der Waals surface area contributed by atoms with Crippen molar-refractivity contribution in [3.63, 3.8) is 0 Å². The summed E-state index contributed by atoms with van der Waals surface area (Å²) < 4.78 is 14.5. The summed E-state index contributed by atoms with van der Waals surface area (Å²) in [6, 6.07) is 5.47. The van der Waals surface area contributed by atoms with Crippen LogP contribution in [0.4, 0.5) is 4.39 Å². The second-order valence-corrected chi connectivity index (χ2v) is 8.63. The van der Waals surface area contributed by atoms with Crippen molar-refractivity contribution in [1.29, 1.82) is 0 Å². The maximum atomic E-state index is 14.5. The predicted octanol–water partition coefficient (Wildman–Crippen LogP) is 2.60. The Morgan fingerprint density at radius 3 is 2.96 bits per heavy atom. The van der Waals surface area contributed by atoms with Crippen molar-refractivity contribution < 1.29 is 9.18 Å². The quantitative estimate of drug-likeness (QED) is 0.665. The number of aromatic nitrogens is 1. The lowest BCUT2D eigenvalue weighted by atomic mass is 9.99. The highest BCUT2D eigenvalue weighted by molar-refractivity contribution is 7.15. The molecule has 1 aromatic carbocycles. The topological polar surface area (TPSA) is 80.0 Å². The van der Waals surface area contributed by atoms with Crippen LogP contribution in [0.25, 0.3) is 10.4 Å². The van der Waals surface area contributed by atoms with Crippen LogP contribution in [0.3, 0.4) is 0 Å². The molecule has 4 atom stereocenters. The van der Waals surface area contributed by atoms with Gasteiger partial charge in [-0.15, -0.1) is 11.3 Å². The van der Waals surface area contributed by atoms with Crippen LogP contribution >= 0.6 is 11.3 Å². The normalized spacial score (nSPS) is 24.9. The van der Waals surface area contributed by atoms with Gasteiger partial charge in [-0.25, -0.2) is 9.37 Å². The molecule has 1 aromatic heterocycles. The highest BCUT2D eigenvalue weighted by atomic mass is 32.1. The van der Waals surface area contributed by atoms with E-state index in [0.29, 0.717) is 17.5 Å². The number of nitrogens with two attached hydrogens (primary N) is 1. The van der Waals surface area contributed by atoms with E-state index in [2.05, 4.69) is 15.6 Å². The van der Waals surface area contributed by atoms with Gasteiger partial charge in [-0.3, -0.25) is 4.79 Å². The fourth-order valence-corrected chi connectivity index (χ4v) is 5.04. The molecule has 2 aliphatic rings. The lowest BCUT2D eigenvalue weighted by Gasteiger charge is -2.24. The number of hydrogen-bond donors (Lipinski definition) is 3. The molecule has 2 heterocycles. The van der Waals surface area contributed by atoms with Crippen LogP contribution in [0.15, 0.2) is 24.4 Å². The zero-order valence-electron chi connectivity index (χ0n) is 15.4. The fourth-order valence-electron chi connectivity index (χ4n) is 4.18. The Balaban J connectivity index is 1.37. The summed E-state index contributed by atoms with van der Waals surface area (Å²) in [7, 11) is 0. The summed E-state index contributed by atoms with van der Waals surface area (Å²) in [6.45, 7) is 2.05. The van der Waals surface area contributed by atoms with Gasteiger partial charge in [0, 0.05) is 18.7 Å². The van der Waals surface area contributed by atoms with Crippen molar-refractivity contribution in [2.75, 3.05) is 0 Å². The van der Waals surface area contributed by atoms with E-state index < -0.39 is 6.17 Å². The molecule has 144 valence electrons. The number of carbonyl (C=O) groups excluding carboxylic acids is 1. The molecule has 27 heavy (non-hydrogen) atoms. The Labute approximate surface area is 162 Å². The lowest BCUT2D eigenvalue weighted by molar-refractivity contribution is -0.124. The number of hydrogen-bond acceptors (Lipinski definition) is 5. The van der Waals surface area contributed by atoms with Crippen LogP contribution in [0.5, 0.6) is 0 Å². The molecule has 0 unspecified atom stereocenters. The highest BCUT2D eigenvalue weighted by Gasteiger charge is 2.42. The van der Waals surface area contributed by atoms with E-state index in [1.54, 1.807) is 23.6 Å². The van der Waals surface area contributed by atoms with Crippen LogP contribution < -0.4 is 16.4 Å². The number of thiazole rings is 1. The van der Waals surface area contributed by atoms with E-state index >= 15 is 0 Å². The van der Waals surface area contributed by atoms with Crippen LogP contribution in [0.2, 0.25) is 0 Å². The fraction of sp³-hybridized carbons (Fsp3) is 0.500. The number of rotatable bonds is 6. The second kappa shape index (κ2) is 7.66. The maximum absolute atomic E-state index is 14.5. The zero-order chi connectivity index (χ0) is 19.0. The first-order valence-electron chi connectivity index (χ1n) is 9.59. The van der Waals surface area contributed by atoms with E-state index in [-0.39, 0.29) is 24.2 Å². The molecule has 1 amide bonds. The summed E-state index contributed by atoms with van der Waals surface area (Å²) in [5.41, 5.74) is 7.40. The summed E-state index contributed by atoms with van der Waals surface area (Å²) in [5, 5.41) is 7.23. The average Bonchev–Trinajstić information content (AvgIpc) is 3.39. The molecule has 1 aliphatic carbocycles. The predicted molar refractivity (Wildman–Crippen MR) is 105 cm³/mol. The first-order valence-corrected chi connectivity index (χ1v) is 10.4. The minimum atomic E-state index is -0.603. The molecule has 4 N–H and O–H groups in total. The summed E-state index contributed by atoms with van der Waals surface area (Å²) in [6.07, 6.45) is 5.63. The zero-order valence-corrected chi connectivity index (χ0v) is 16.2. The molecule has 2 fully saturated rings. The maximum Gasteiger partial charge on any atom is 0.238 e. The number of amides is 1. The Morgan fingerprint density at radius 2 is 2.33 bits per heavy atom. The van der Waals surface area contributed by atoms with Crippen LogP contribution in [0.1, 0.15) is 36.8 Å². The molecule has 2 aromatic rings. The molecule has 1 saturated heterocycles. The highest BCUT2D eigenvalue weighted by Crippen LogP contribution is 2.35. The second-order valence-electron chi connectivity index (χ2n) is 7.51. The van der Waals surface area contributed by atoms with E-state index in [0.717, 1.165) is 41.1 Å². The Bertz CT molecular complexity index is 839.